The van der Waals surface area contributed by atoms with Crippen LogP contribution in [-0.4, -0.2) is 33.0 Å². The SMILES string of the molecule is COP(=O)(CCOC(=O)C=Cc1ccccc1)OC. The molecule has 0 spiro atoms. The quantitative estimate of drug-likeness (QED) is 0.437. The summed E-state index contributed by atoms with van der Waals surface area (Å²) in [6, 6.07) is 9.38. The minimum Gasteiger partial charge on any atom is -0.462 e. The summed E-state index contributed by atoms with van der Waals surface area (Å²) < 4.78 is 26.0. The molecule has 0 heterocycles. The second-order valence-corrected chi connectivity index (χ2v) is 6.01. The molecule has 0 aromatic heterocycles. The molecule has 19 heavy (non-hydrogen) atoms. The standard InChI is InChI=1S/C13H17O5P/c1-16-19(15,17-2)11-10-18-13(14)9-8-12-6-4-3-5-7-12/h3-9H,10-11H2,1-2H3. The zero-order valence-corrected chi connectivity index (χ0v) is 11.8. The number of hydrogen-bond acceptors (Lipinski definition) is 5. The zero-order valence-electron chi connectivity index (χ0n) is 10.9. The summed E-state index contributed by atoms with van der Waals surface area (Å²) in [5, 5.41) is 0. The molecule has 0 unspecified atom stereocenters. The van der Waals surface area contributed by atoms with E-state index in [-0.39, 0.29) is 12.8 Å². The average molecular weight is 284 g/mol. The van der Waals surface area contributed by atoms with Gasteiger partial charge in [-0.1, -0.05) is 30.3 Å². The number of esters is 1. The van der Waals surface area contributed by atoms with Gasteiger partial charge in [0.15, 0.2) is 0 Å². The van der Waals surface area contributed by atoms with E-state index in [2.05, 4.69) is 0 Å². The van der Waals surface area contributed by atoms with Crippen molar-refractivity contribution in [3.05, 3.63) is 42.0 Å². The van der Waals surface area contributed by atoms with E-state index in [1.807, 2.05) is 30.3 Å². The maximum atomic E-state index is 11.7. The molecule has 0 saturated carbocycles. The van der Waals surface area contributed by atoms with E-state index in [0.29, 0.717) is 0 Å². The van der Waals surface area contributed by atoms with Crippen molar-refractivity contribution in [3.8, 4) is 0 Å². The van der Waals surface area contributed by atoms with Gasteiger partial charge in [0.2, 0.25) is 0 Å². The lowest BCUT2D eigenvalue weighted by Crippen LogP contribution is -2.07. The molecule has 0 amide bonds. The number of rotatable bonds is 7. The van der Waals surface area contributed by atoms with Gasteiger partial charge in [-0.05, 0) is 11.6 Å². The number of hydrogen-bond donors (Lipinski definition) is 0. The van der Waals surface area contributed by atoms with E-state index in [4.69, 9.17) is 13.8 Å². The second kappa shape index (κ2) is 7.89. The van der Waals surface area contributed by atoms with Gasteiger partial charge in [-0.3, -0.25) is 4.57 Å². The van der Waals surface area contributed by atoms with Gasteiger partial charge in [0.25, 0.3) is 0 Å². The van der Waals surface area contributed by atoms with Crippen LogP contribution < -0.4 is 0 Å². The van der Waals surface area contributed by atoms with Gasteiger partial charge in [0.1, 0.15) is 6.61 Å². The Balaban J connectivity index is 2.37. The third-order valence-corrected chi connectivity index (χ3v) is 4.22. The highest BCUT2D eigenvalue weighted by Gasteiger charge is 2.20. The molecule has 104 valence electrons. The fourth-order valence-corrected chi connectivity index (χ4v) is 2.12. The molecule has 0 aliphatic carbocycles. The highest BCUT2D eigenvalue weighted by molar-refractivity contribution is 7.53. The minimum atomic E-state index is -3.12. The van der Waals surface area contributed by atoms with E-state index < -0.39 is 13.6 Å². The number of carbonyl (C=O) groups is 1. The van der Waals surface area contributed by atoms with E-state index in [0.717, 1.165) is 5.56 Å². The normalized spacial score (nSPS) is 11.7. The summed E-state index contributed by atoms with van der Waals surface area (Å²) in [5.74, 6) is -0.498. The lowest BCUT2D eigenvalue weighted by molar-refractivity contribution is -0.137. The molecule has 1 aromatic carbocycles. The van der Waals surface area contributed by atoms with E-state index >= 15 is 0 Å². The summed E-state index contributed by atoms with van der Waals surface area (Å²) in [6.45, 7) is -0.0169. The van der Waals surface area contributed by atoms with Crippen LogP contribution in [0, 0.1) is 0 Å². The van der Waals surface area contributed by atoms with Crippen LogP contribution in [0.5, 0.6) is 0 Å². The van der Waals surface area contributed by atoms with Crippen molar-refractivity contribution >= 4 is 19.6 Å². The number of benzene rings is 1. The Morgan fingerprint density at radius 2 is 1.84 bits per heavy atom. The highest BCUT2D eigenvalue weighted by atomic mass is 31.2. The molecule has 0 atom stereocenters. The Labute approximate surface area is 112 Å². The van der Waals surface area contributed by atoms with Gasteiger partial charge in [-0.2, -0.15) is 0 Å². The van der Waals surface area contributed by atoms with Crippen LogP contribution in [0.3, 0.4) is 0 Å². The summed E-state index contributed by atoms with van der Waals surface area (Å²) >= 11 is 0. The first-order valence-corrected chi connectivity index (χ1v) is 7.43. The van der Waals surface area contributed by atoms with Gasteiger partial charge in [0, 0.05) is 20.3 Å². The van der Waals surface area contributed by atoms with Crippen molar-refractivity contribution in [1.82, 2.24) is 0 Å². The first-order valence-electron chi connectivity index (χ1n) is 5.70. The molecule has 0 saturated heterocycles. The molecule has 0 radical (unpaired) electrons. The number of carbonyl (C=O) groups excluding carboxylic acids is 1. The van der Waals surface area contributed by atoms with E-state index in [9.17, 15) is 9.36 Å². The molecule has 1 aromatic rings. The van der Waals surface area contributed by atoms with Gasteiger partial charge < -0.3 is 13.8 Å². The first-order chi connectivity index (χ1) is 9.09. The van der Waals surface area contributed by atoms with Crippen molar-refractivity contribution in [2.24, 2.45) is 0 Å². The lowest BCUT2D eigenvalue weighted by atomic mass is 10.2. The molecule has 0 fully saturated rings. The van der Waals surface area contributed by atoms with Crippen LogP contribution in [0.25, 0.3) is 6.08 Å². The molecule has 0 aliphatic heterocycles. The Morgan fingerprint density at radius 3 is 2.42 bits per heavy atom. The lowest BCUT2D eigenvalue weighted by Gasteiger charge is -2.12. The molecule has 5 nitrogen and oxygen atoms in total. The van der Waals surface area contributed by atoms with Crippen LogP contribution in [0.1, 0.15) is 5.56 Å². The molecule has 1 rings (SSSR count). The first kappa shape index (κ1) is 15.6. The maximum absolute atomic E-state index is 11.7. The predicted octanol–water partition coefficient (Wildman–Crippen LogP) is 2.73. The monoisotopic (exact) mass is 284 g/mol. The average Bonchev–Trinajstić information content (AvgIpc) is 2.46. The second-order valence-electron chi connectivity index (χ2n) is 3.61. The Kier molecular flexibility index (Phi) is 6.50. The van der Waals surface area contributed by atoms with Gasteiger partial charge in [-0.15, -0.1) is 0 Å². The summed E-state index contributed by atoms with van der Waals surface area (Å²) in [7, 11) is -0.530. The summed E-state index contributed by atoms with van der Waals surface area (Å²) in [4.78, 5) is 11.4. The van der Waals surface area contributed by atoms with E-state index in [1.165, 1.54) is 20.3 Å². The van der Waals surface area contributed by atoms with E-state index in [1.54, 1.807) is 6.08 Å². The van der Waals surface area contributed by atoms with Gasteiger partial charge in [-0.25, -0.2) is 4.79 Å². The van der Waals surface area contributed by atoms with Gasteiger partial charge >= 0.3 is 13.6 Å². The molecule has 0 bridgehead atoms. The molecular weight excluding hydrogens is 267 g/mol. The van der Waals surface area contributed by atoms with Crippen molar-refractivity contribution in [3.63, 3.8) is 0 Å². The maximum Gasteiger partial charge on any atom is 0.333 e. The van der Waals surface area contributed by atoms with Crippen molar-refractivity contribution < 1.29 is 23.1 Å². The fraction of sp³-hybridized carbons (Fsp3) is 0.308. The third-order valence-electron chi connectivity index (χ3n) is 2.38. The van der Waals surface area contributed by atoms with Crippen LogP contribution in [0.2, 0.25) is 0 Å². The van der Waals surface area contributed by atoms with Crippen molar-refractivity contribution in [2.45, 2.75) is 0 Å². The van der Waals surface area contributed by atoms with Crippen LogP contribution in [-0.2, 0) is 23.1 Å². The summed E-state index contributed by atoms with van der Waals surface area (Å²) in [5.41, 5.74) is 0.902. The minimum absolute atomic E-state index is 0.0169. The van der Waals surface area contributed by atoms with Crippen LogP contribution in [0.4, 0.5) is 0 Å². The zero-order chi connectivity index (χ0) is 14.1. The van der Waals surface area contributed by atoms with Crippen molar-refractivity contribution in [2.75, 3.05) is 27.0 Å². The number of ether oxygens (including phenoxy) is 1. The van der Waals surface area contributed by atoms with Gasteiger partial charge in [0.05, 0.1) is 6.16 Å². The highest BCUT2D eigenvalue weighted by Crippen LogP contribution is 2.45. The Bertz CT molecular complexity index is 461. The molecule has 0 aliphatic rings. The Morgan fingerprint density at radius 1 is 1.21 bits per heavy atom. The Hall–Kier alpha value is -1.42. The third kappa shape index (κ3) is 5.83. The largest absolute Gasteiger partial charge is 0.462 e. The summed E-state index contributed by atoms with van der Waals surface area (Å²) in [6.07, 6.45) is 3.00. The van der Waals surface area contributed by atoms with Crippen molar-refractivity contribution in [1.29, 1.82) is 0 Å². The topological polar surface area (TPSA) is 61.8 Å². The molecule has 0 N–H and O–H groups in total. The smallest absolute Gasteiger partial charge is 0.333 e. The van der Waals surface area contributed by atoms with Crippen LogP contribution in [0.15, 0.2) is 36.4 Å². The molecule has 6 heteroatoms. The molecular formula is C13H17O5P. The fourth-order valence-electron chi connectivity index (χ4n) is 1.29. The predicted molar refractivity (Wildman–Crippen MR) is 72.9 cm³/mol. The van der Waals surface area contributed by atoms with Crippen LogP contribution >= 0.6 is 7.60 Å².